The predicted molar refractivity (Wildman–Crippen MR) is 82.0 cm³/mol. The van der Waals surface area contributed by atoms with Crippen LogP contribution in [0.3, 0.4) is 0 Å². The molecule has 0 spiro atoms. The number of nitrogens with zero attached hydrogens (tertiary/aromatic N) is 1. The van der Waals surface area contributed by atoms with E-state index in [1.807, 2.05) is 34.6 Å². The zero-order chi connectivity index (χ0) is 16.3. The molecule has 0 N–H and O–H groups in total. The van der Waals surface area contributed by atoms with Gasteiger partial charge in [0.15, 0.2) is 5.79 Å². The lowest BCUT2D eigenvalue weighted by Crippen LogP contribution is -2.39. The molecule has 5 nitrogen and oxygen atoms in total. The Labute approximate surface area is 127 Å². The molecule has 1 aliphatic heterocycles. The first kappa shape index (κ1) is 17.7. The van der Waals surface area contributed by atoms with Crippen LogP contribution < -0.4 is 0 Å². The Morgan fingerprint density at radius 3 is 2.52 bits per heavy atom. The van der Waals surface area contributed by atoms with Crippen LogP contribution in [0, 0.1) is 0 Å². The van der Waals surface area contributed by atoms with E-state index in [-0.39, 0.29) is 12.2 Å². The van der Waals surface area contributed by atoms with E-state index in [9.17, 15) is 4.79 Å². The zero-order valence-corrected chi connectivity index (χ0v) is 13.8. The highest BCUT2D eigenvalue weighted by Crippen LogP contribution is 2.26. The number of hydrogen-bond donors (Lipinski definition) is 0. The van der Waals surface area contributed by atoms with Crippen molar-refractivity contribution < 1.29 is 19.0 Å². The number of carbonyl (C=O) groups excluding carboxylic acids is 1. The van der Waals surface area contributed by atoms with Crippen LogP contribution in [-0.4, -0.2) is 48.2 Å². The van der Waals surface area contributed by atoms with Gasteiger partial charge in [-0.15, -0.1) is 6.58 Å². The van der Waals surface area contributed by atoms with Gasteiger partial charge in [-0.25, -0.2) is 4.79 Å². The third kappa shape index (κ3) is 5.89. The Bertz CT molecular complexity index is 409. The average molecular weight is 297 g/mol. The van der Waals surface area contributed by atoms with Gasteiger partial charge in [-0.1, -0.05) is 12.7 Å². The van der Waals surface area contributed by atoms with Crippen molar-refractivity contribution in [1.29, 1.82) is 0 Å². The lowest BCUT2D eigenvalue weighted by molar-refractivity contribution is -0.134. The number of amides is 1. The summed E-state index contributed by atoms with van der Waals surface area (Å²) in [5, 5.41) is 0. The van der Waals surface area contributed by atoms with Crippen LogP contribution in [0.25, 0.3) is 0 Å². The van der Waals surface area contributed by atoms with Crippen LogP contribution in [0.2, 0.25) is 0 Å². The molecule has 1 amide bonds. The summed E-state index contributed by atoms with van der Waals surface area (Å²) in [4.78, 5) is 13.7. The minimum absolute atomic E-state index is 0.213. The summed E-state index contributed by atoms with van der Waals surface area (Å²) in [6, 6.07) is 0. The maximum atomic E-state index is 12.2. The lowest BCUT2D eigenvalue weighted by atomic mass is 10.1. The number of hydrogen-bond acceptors (Lipinski definition) is 4. The Hall–Kier alpha value is -1.33. The minimum atomic E-state index is -0.608. The van der Waals surface area contributed by atoms with Gasteiger partial charge in [0.2, 0.25) is 0 Å². The zero-order valence-electron chi connectivity index (χ0n) is 13.8. The van der Waals surface area contributed by atoms with Crippen LogP contribution in [-0.2, 0) is 14.2 Å². The van der Waals surface area contributed by atoms with E-state index in [0.717, 1.165) is 5.57 Å². The van der Waals surface area contributed by atoms with Gasteiger partial charge in [0.05, 0.1) is 6.61 Å². The van der Waals surface area contributed by atoms with Gasteiger partial charge >= 0.3 is 6.09 Å². The van der Waals surface area contributed by atoms with Crippen molar-refractivity contribution in [2.24, 2.45) is 0 Å². The molecule has 0 bridgehead atoms. The molecule has 1 heterocycles. The smallest absolute Gasteiger partial charge is 0.410 e. The summed E-state index contributed by atoms with van der Waals surface area (Å²) in [6.45, 7) is 18.1. The van der Waals surface area contributed by atoms with Gasteiger partial charge in [-0.3, -0.25) is 0 Å². The highest BCUT2D eigenvalue weighted by molar-refractivity contribution is 5.68. The van der Waals surface area contributed by atoms with E-state index in [1.165, 1.54) is 0 Å². The van der Waals surface area contributed by atoms with Crippen LogP contribution >= 0.6 is 0 Å². The molecule has 0 radical (unpaired) electrons. The molecule has 0 aromatic carbocycles. The summed E-state index contributed by atoms with van der Waals surface area (Å²) < 4.78 is 16.6. The van der Waals surface area contributed by atoms with Gasteiger partial charge in [0, 0.05) is 13.1 Å². The Kier molecular flexibility index (Phi) is 5.59. The Morgan fingerprint density at radius 1 is 1.48 bits per heavy atom. The van der Waals surface area contributed by atoms with Crippen molar-refractivity contribution in [3.05, 3.63) is 24.8 Å². The monoisotopic (exact) mass is 297 g/mol. The van der Waals surface area contributed by atoms with Crippen LogP contribution in [0.5, 0.6) is 0 Å². The molecule has 0 saturated carbocycles. The topological polar surface area (TPSA) is 48.0 Å². The second-order valence-electron chi connectivity index (χ2n) is 6.63. The van der Waals surface area contributed by atoms with E-state index < -0.39 is 11.4 Å². The summed E-state index contributed by atoms with van der Waals surface area (Å²) in [5.74, 6) is -0.608. The summed E-state index contributed by atoms with van der Waals surface area (Å²) in [7, 11) is 0. The van der Waals surface area contributed by atoms with Crippen LogP contribution in [0.15, 0.2) is 24.8 Å². The Balaban J connectivity index is 2.64. The second-order valence-corrected chi connectivity index (χ2v) is 6.63. The van der Waals surface area contributed by atoms with Crippen molar-refractivity contribution in [3.8, 4) is 0 Å². The highest BCUT2D eigenvalue weighted by Gasteiger charge is 2.35. The van der Waals surface area contributed by atoms with E-state index in [2.05, 4.69) is 13.2 Å². The van der Waals surface area contributed by atoms with Gasteiger partial charge < -0.3 is 19.1 Å². The molecule has 120 valence electrons. The summed E-state index contributed by atoms with van der Waals surface area (Å²) in [6.07, 6.45) is 1.06. The number of rotatable bonds is 5. The van der Waals surface area contributed by atoms with Crippen molar-refractivity contribution in [3.63, 3.8) is 0 Å². The van der Waals surface area contributed by atoms with E-state index in [4.69, 9.17) is 14.2 Å². The van der Waals surface area contributed by atoms with E-state index in [1.54, 1.807) is 11.0 Å². The number of ether oxygens (including phenoxy) is 3. The maximum Gasteiger partial charge on any atom is 0.410 e. The fourth-order valence-electron chi connectivity index (χ4n) is 1.92. The van der Waals surface area contributed by atoms with Crippen LogP contribution in [0.4, 0.5) is 4.79 Å². The molecule has 1 rings (SSSR count). The fraction of sp³-hybridized carbons (Fsp3) is 0.688. The SMILES string of the molecule is C=CCN(CC(=C)[C@@H]1COC(C)(C)O1)C(=O)OC(C)(C)C. The minimum Gasteiger partial charge on any atom is -0.444 e. The lowest BCUT2D eigenvalue weighted by Gasteiger charge is -2.28. The summed E-state index contributed by atoms with van der Waals surface area (Å²) in [5.41, 5.74) is 0.251. The molecule has 1 saturated heterocycles. The molecular formula is C16H27NO4. The van der Waals surface area contributed by atoms with Gasteiger partial charge in [0.25, 0.3) is 0 Å². The van der Waals surface area contributed by atoms with Gasteiger partial charge in [-0.05, 0) is 40.2 Å². The molecule has 0 aromatic heterocycles. The molecule has 21 heavy (non-hydrogen) atoms. The average Bonchev–Trinajstić information content (AvgIpc) is 2.67. The number of carbonyl (C=O) groups is 1. The molecule has 1 aliphatic rings. The highest BCUT2D eigenvalue weighted by atomic mass is 16.7. The van der Waals surface area contributed by atoms with Crippen molar-refractivity contribution >= 4 is 6.09 Å². The third-order valence-electron chi connectivity index (χ3n) is 2.86. The predicted octanol–water partition coefficient (Wildman–Crippen LogP) is 3.12. The Morgan fingerprint density at radius 2 is 2.10 bits per heavy atom. The van der Waals surface area contributed by atoms with E-state index in [0.29, 0.717) is 19.7 Å². The van der Waals surface area contributed by atoms with E-state index >= 15 is 0 Å². The maximum absolute atomic E-state index is 12.2. The first-order chi connectivity index (χ1) is 9.54. The van der Waals surface area contributed by atoms with Crippen molar-refractivity contribution in [1.82, 2.24) is 4.90 Å². The van der Waals surface area contributed by atoms with Gasteiger partial charge in [-0.2, -0.15) is 0 Å². The molecule has 1 atom stereocenters. The van der Waals surface area contributed by atoms with Crippen molar-refractivity contribution in [2.45, 2.75) is 52.1 Å². The molecule has 0 aliphatic carbocycles. The molecule has 0 aromatic rings. The quantitative estimate of drug-likeness (QED) is 0.732. The molecule has 5 heteroatoms. The van der Waals surface area contributed by atoms with Crippen LogP contribution in [0.1, 0.15) is 34.6 Å². The summed E-state index contributed by atoms with van der Waals surface area (Å²) >= 11 is 0. The van der Waals surface area contributed by atoms with Gasteiger partial charge in [0.1, 0.15) is 11.7 Å². The largest absolute Gasteiger partial charge is 0.444 e. The normalized spacial score (nSPS) is 20.9. The standard InChI is InChI=1S/C16H27NO4/c1-8-9-17(14(18)21-15(3,4)5)10-12(2)13-11-19-16(6,7)20-13/h8,13H,1-2,9-11H2,3-7H3/t13-/m0/s1. The fourth-order valence-corrected chi connectivity index (χ4v) is 1.92. The molecule has 1 fully saturated rings. The third-order valence-corrected chi connectivity index (χ3v) is 2.86. The van der Waals surface area contributed by atoms with Crippen molar-refractivity contribution in [2.75, 3.05) is 19.7 Å². The first-order valence-corrected chi connectivity index (χ1v) is 7.12. The second kappa shape index (κ2) is 6.62. The molecule has 0 unspecified atom stereocenters. The first-order valence-electron chi connectivity index (χ1n) is 7.12. The molecular weight excluding hydrogens is 270 g/mol.